The maximum Gasteiger partial charge on any atom is 0.242 e. The number of aryl methyl sites for hydroxylation is 1. The van der Waals surface area contributed by atoms with Crippen LogP contribution < -0.4 is 0 Å². The Hall–Kier alpha value is -1.42. The summed E-state index contributed by atoms with van der Waals surface area (Å²) < 4.78 is 32.0. The first-order valence-electron chi connectivity index (χ1n) is 7.04. The van der Waals surface area contributed by atoms with Crippen molar-refractivity contribution in [2.75, 3.05) is 20.2 Å². The minimum atomic E-state index is -3.54. The number of likely N-dealkylation sites (N-methyl/N-ethyl adjacent to an activating group) is 1. The molecule has 2 rings (SSSR count). The summed E-state index contributed by atoms with van der Waals surface area (Å²) in [6.45, 7) is 2.80. The van der Waals surface area contributed by atoms with Gasteiger partial charge in [-0.15, -0.1) is 0 Å². The van der Waals surface area contributed by atoms with Gasteiger partial charge in [0.05, 0.1) is 22.6 Å². The number of rotatable bonds is 4. The monoisotopic (exact) mass is 308 g/mol. The van der Waals surface area contributed by atoms with E-state index in [0.29, 0.717) is 24.3 Å². The Balaban J connectivity index is 2.16. The van der Waals surface area contributed by atoms with Crippen molar-refractivity contribution in [3.05, 3.63) is 29.3 Å². The molecule has 1 aromatic carbocycles. The molecule has 1 atom stereocenters. The molecule has 1 heterocycles. The number of nitriles is 1. The zero-order chi connectivity index (χ0) is 15.5. The van der Waals surface area contributed by atoms with E-state index in [9.17, 15) is 8.42 Å². The summed E-state index contributed by atoms with van der Waals surface area (Å²) in [6.07, 6.45) is 2.99. The van der Waals surface area contributed by atoms with Gasteiger partial charge in [0.25, 0.3) is 0 Å². The minimum Gasteiger partial charge on any atom is -0.377 e. The topological polar surface area (TPSA) is 70.4 Å². The molecule has 1 saturated heterocycles. The van der Waals surface area contributed by atoms with Gasteiger partial charge in [-0.05, 0) is 49.9 Å². The molecule has 1 unspecified atom stereocenters. The summed E-state index contributed by atoms with van der Waals surface area (Å²) in [4.78, 5) is 0.220. The Labute approximate surface area is 126 Å². The molecule has 0 bridgehead atoms. The molecular weight excluding hydrogens is 288 g/mol. The number of ether oxygens (including phenoxy) is 1. The van der Waals surface area contributed by atoms with Crippen LogP contribution in [0.5, 0.6) is 0 Å². The van der Waals surface area contributed by atoms with Gasteiger partial charge in [-0.2, -0.15) is 9.57 Å². The van der Waals surface area contributed by atoms with Crippen molar-refractivity contribution in [3.63, 3.8) is 0 Å². The molecule has 0 amide bonds. The summed E-state index contributed by atoms with van der Waals surface area (Å²) in [5.41, 5.74) is 1.16. The van der Waals surface area contributed by atoms with Gasteiger partial charge in [0.1, 0.15) is 0 Å². The van der Waals surface area contributed by atoms with Gasteiger partial charge in [0, 0.05) is 20.2 Å². The number of nitrogens with zero attached hydrogens (tertiary/aromatic N) is 2. The van der Waals surface area contributed by atoms with E-state index in [1.165, 1.54) is 10.4 Å². The zero-order valence-corrected chi connectivity index (χ0v) is 13.2. The Morgan fingerprint density at radius 3 is 2.76 bits per heavy atom. The van der Waals surface area contributed by atoms with Gasteiger partial charge >= 0.3 is 0 Å². The molecule has 0 aromatic heterocycles. The first-order valence-corrected chi connectivity index (χ1v) is 8.48. The summed E-state index contributed by atoms with van der Waals surface area (Å²) in [6, 6.07) is 6.62. The molecule has 1 aliphatic heterocycles. The third-order valence-electron chi connectivity index (χ3n) is 3.76. The SMILES string of the molecule is Cc1cc(S(=O)(=O)N(C)CC2CCCCO2)ccc1C#N. The van der Waals surface area contributed by atoms with Gasteiger partial charge in [0.15, 0.2) is 0 Å². The van der Waals surface area contributed by atoms with Crippen LogP contribution in [0.15, 0.2) is 23.1 Å². The highest BCUT2D eigenvalue weighted by Crippen LogP contribution is 2.20. The van der Waals surface area contributed by atoms with E-state index >= 15 is 0 Å². The van der Waals surface area contributed by atoms with Gasteiger partial charge in [-0.1, -0.05) is 0 Å². The number of benzene rings is 1. The van der Waals surface area contributed by atoms with Gasteiger partial charge in [0.2, 0.25) is 10.0 Å². The average Bonchev–Trinajstić information content (AvgIpc) is 2.48. The van der Waals surface area contributed by atoms with Crippen LogP contribution in [-0.4, -0.2) is 39.0 Å². The summed E-state index contributed by atoms with van der Waals surface area (Å²) in [5, 5.41) is 8.91. The van der Waals surface area contributed by atoms with E-state index in [2.05, 4.69) is 0 Å². The molecule has 0 spiro atoms. The maximum absolute atomic E-state index is 12.5. The maximum atomic E-state index is 12.5. The lowest BCUT2D eigenvalue weighted by Crippen LogP contribution is -2.37. The molecule has 0 N–H and O–H groups in total. The third-order valence-corrected chi connectivity index (χ3v) is 5.58. The molecule has 0 aliphatic carbocycles. The van der Waals surface area contributed by atoms with E-state index < -0.39 is 10.0 Å². The molecule has 5 nitrogen and oxygen atoms in total. The normalized spacial score (nSPS) is 19.4. The smallest absolute Gasteiger partial charge is 0.242 e. The first-order chi connectivity index (χ1) is 9.95. The lowest BCUT2D eigenvalue weighted by molar-refractivity contribution is 0.00858. The molecule has 0 saturated carbocycles. The van der Waals surface area contributed by atoms with Crippen molar-refractivity contribution in [1.29, 1.82) is 5.26 Å². The van der Waals surface area contributed by atoms with E-state index in [1.807, 2.05) is 6.07 Å². The van der Waals surface area contributed by atoms with Crippen molar-refractivity contribution in [2.24, 2.45) is 0 Å². The fourth-order valence-corrected chi connectivity index (χ4v) is 3.73. The van der Waals surface area contributed by atoms with Gasteiger partial charge < -0.3 is 4.74 Å². The van der Waals surface area contributed by atoms with Crippen LogP contribution in [-0.2, 0) is 14.8 Å². The van der Waals surface area contributed by atoms with Crippen LogP contribution in [0, 0.1) is 18.3 Å². The van der Waals surface area contributed by atoms with E-state index in [4.69, 9.17) is 10.00 Å². The van der Waals surface area contributed by atoms with E-state index in [-0.39, 0.29) is 11.0 Å². The molecule has 6 heteroatoms. The highest BCUT2D eigenvalue weighted by Gasteiger charge is 2.25. The highest BCUT2D eigenvalue weighted by atomic mass is 32.2. The largest absolute Gasteiger partial charge is 0.377 e. The third kappa shape index (κ3) is 3.62. The van der Waals surface area contributed by atoms with Crippen LogP contribution in [0.25, 0.3) is 0 Å². The Morgan fingerprint density at radius 1 is 1.43 bits per heavy atom. The number of sulfonamides is 1. The number of hydrogen-bond donors (Lipinski definition) is 0. The summed E-state index contributed by atoms with van der Waals surface area (Å²) >= 11 is 0. The predicted octanol–water partition coefficient (Wildman–Crippen LogP) is 2.06. The molecular formula is C15H20N2O3S. The van der Waals surface area contributed by atoms with Crippen molar-refractivity contribution in [2.45, 2.75) is 37.2 Å². The molecule has 0 radical (unpaired) electrons. The molecule has 114 valence electrons. The second-order valence-electron chi connectivity index (χ2n) is 5.36. The van der Waals surface area contributed by atoms with Gasteiger partial charge in [-0.3, -0.25) is 0 Å². The second-order valence-corrected chi connectivity index (χ2v) is 7.41. The second kappa shape index (κ2) is 6.56. The summed E-state index contributed by atoms with van der Waals surface area (Å²) in [7, 11) is -1.97. The summed E-state index contributed by atoms with van der Waals surface area (Å²) in [5.74, 6) is 0. The lowest BCUT2D eigenvalue weighted by atomic mass is 10.1. The Kier molecular flexibility index (Phi) is 4.99. The average molecular weight is 308 g/mol. The highest BCUT2D eigenvalue weighted by molar-refractivity contribution is 7.89. The fraction of sp³-hybridized carbons (Fsp3) is 0.533. The van der Waals surface area contributed by atoms with Crippen LogP contribution >= 0.6 is 0 Å². The van der Waals surface area contributed by atoms with Crippen molar-refractivity contribution in [1.82, 2.24) is 4.31 Å². The van der Waals surface area contributed by atoms with Crippen molar-refractivity contribution in [3.8, 4) is 6.07 Å². The Morgan fingerprint density at radius 2 is 2.19 bits per heavy atom. The van der Waals surface area contributed by atoms with Crippen LogP contribution in [0.2, 0.25) is 0 Å². The molecule has 1 fully saturated rings. The lowest BCUT2D eigenvalue weighted by Gasteiger charge is -2.27. The molecule has 1 aromatic rings. The zero-order valence-electron chi connectivity index (χ0n) is 12.4. The van der Waals surface area contributed by atoms with E-state index in [1.54, 1.807) is 26.1 Å². The Bertz CT molecular complexity index is 643. The molecule has 21 heavy (non-hydrogen) atoms. The van der Waals surface area contributed by atoms with E-state index in [0.717, 1.165) is 19.3 Å². The standard InChI is InChI=1S/C15H20N2O3S/c1-12-9-15(7-6-13(12)10-16)21(18,19)17(2)11-14-5-3-4-8-20-14/h6-7,9,14H,3-5,8,11H2,1-2H3. The minimum absolute atomic E-state index is 0.0296. The van der Waals surface area contributed by atoms with Crippen LogP contribution in [0.1, 0.15) is 30.4 Å². The quantitative estimate of drug-likeness (QED) is 0.853. The van der Waals surface area contributed by atoms with Gasteiger partial charge in [-0.25, -0.2) is 8.42 Å². The van der Waals surface area contributed by atoms with Crippen LogP contribution in [0.4, 0.5) is 0 Å². The number of hydrogen-bond acceptors (Lipinski definition) is 4. The predicted molar refractivity (Wildman–Crippen MR) is 79.3 cm³/mol. The van der Waals surface area contributed by atoms with Crippen LogP contribution in [0.3, 0.4) is 0 Å². The first kappa shape index (κ1) is 16.0. The van der Waals surface area contributed by atoms with Crippen molar-refractivity contribution >= 4 is 10.0 Å². The molecule has 1 aliphatic rings. The van der Waals surface area contributed by atoms with Crippen molar-refractivity contribution < 1.29 is 13.2 Å². The fourth-order valence-electron chi connectivity index (χ4n) is 2.44.